The minimum absolute atomic E-state index is 0.196. The van der Waals surface area contributed by atoms with Gasteiger partial charge in [0.2, 0.25) is 0 Å². The monoisotopic (exact) mass is 788 g/mol. The SMILES string of the molecule is Cc1cc(-c2sc3ccccc3c2-c2ccc3c(c2)oc2c(-c4ccccc4)cccc23)cc(-c2cccc(-c3cc(-c4ccccc4)cc(-c4ccccc4O)n3)c2)n1. The third-order valence-electron chi connectivity index (χ3n) is 11.2. The molecule has 7 aromatic carbocycles. The molecular weight excluding hydrogens is 753 g/mol. The smallest absolute Gasteiger partial charge is 0.143 e. The summed E-state index contributed by atoms with van der Waals surface area (Å²) in [5.74, 6) is 0.196. The Hall–Kier alpha value is -7.60. The summed E-state index contributed by atoms with van der Waals surface area (Å²) in [4.78, 5) is 11.4. The van der Waals surface area contributed by atoms with Crippen molar-refractivity contribution in [1.29, 1.82) is 0 Å². The highest BCUT2D eigenvalue weighted by Gasteiger charge is 2.20. The number of thiophene rings is 1. The standard InChI is InChI=1S/C55H36N2O2S/c1-34-28-41(32-47(56-34)37-18-12-19-38(29-37)48-30-40(35-14-4-2-5-15-35)31-49(57-48)45-20-8-10-24-50(45)58)55-53(46-21-9-11-25-52(46)60-55)39-26-27-43-44-23-13-22-42(36-16-6-3-7-17-36)54(44)59-51(43)33-39/h2-33,58H,1H3. The van der Waals surface area contributed by atoms with Gasteiger partial charge in [-0.1, -0.05) is 133 Å². The molecule has 284 valence electrons. The van der Waals surface area contributed by atoms with Gasteiger partial charge in [0.1, 0.15) is 16.9 Å². The zero-order valence-electron chi connectivity index (χ0n) is 32.6. The Morgan fingerprint density at radius 2 is 1.07 bits per heavy atom. The number of aromatic hydroxyl groups is 1. The van der Waals surface area contributed by atoms with Gasteiger partial charge in [0.25, 0.3) is 0 Å². The van der Waals surface area contributed by atoms with Crippen molar-refractivity contribution in [3.63, 3.8) is 0 Å². The Labute approximate surface area is 351 Å². The number of furan rings is 1. The van der Waals surface area contributed by atoms with Crippen LogP contribution in [0.4, 0.5) is 0 Å². The van der Waals surface area contributed by atoms with Crippen LogP contribution in [0.3, 0.4) is 0 Å². The minimum atomic E-state index is 0.196. The number of hydrogen-bond acceptors (Lipinski definition) is 5. The number of rotatable bonds is 7. The van der Waals surface area contributed by atoms with Crippen LogP contribution in [0.2, 0.25) is 0 Å². The quantitative estimate of drug-likeness (QED) is 0.175. The van der Waals surface area contributed by atoms with Crippen LogP contribution >= 0.6 is 11.3 Å². The van der Waals surface area contributed by atoms with Crippen molar-refractivity contribution in [1.82, 2.24) is 9.97 Å². The average molecular weight is 789 g/mol. The van der Waals surface area contributed by atoms with Gasteiger partial charge in [0, 0.05) is 59.2 Å². The van der Waals surface area contributed by atoms with Crippen LogP contribution in [0.25, 0.3) is 110 Å². The van der Waals surface area contributed by atoms with Crippen molar-refractivity contribution >= 4 is 43.4 Å². The fourth-order valence-electron chi connectivity index (χ4n) is 8.42. The Morgan fingerprint density at radius 3 is 1.88 bits per heavy atom. The van der Waals surface area contributed by atoms with Gasteiger partial charge in [-0.3, -0.25) is 4.98 Å². The number of fused-ring (bicyclic) bond motifs is 4. The number of hydrogen-bond donors (Lipinski definition) is 1. The molecular formula is C55H36N2O2S. The summed E-state index contributed by atoms with van der Waals surface area (Å²) in [7, 11) is 0. The first-order valence-electron chi connectivity index (χ1n) is 20.0. The molecule has 0 bridgehead atoms. The molecule has 0 aliphatic rings. The summed E-state index contributed by atoms with van der Waals surface area (Å²) in [6, 6.07) is 66.8. The Kier molecular flexibility index (Phi) is 8.68. The second-order valence-corrected chi connectivity index (χ2v) is 16.2. The van der Waals surface area contributed by atoms with E-state index in [-0.39, 0.29) is 5.75 Å². The molecule has 0 aliphatic heterocycles. The topological polar surface area (TPSA) is 59.2 Å². The lowest BCUT2D eigenvalue weighted by atomic mass is 9.96. The molecule has 4 heterocycles. The van der Waals surface area contributed by atoms with Gasteiger partial charge in [-0.2, -0.15) is 0 Å². The number of nitrogens with zero attached hydrogens (tertiary/aromatic N) is 2. The largest absolute Gasteiger partial charge is 0.507 e. The van der Waals surface area contributed by atoms with Gasteiger partial charge in [-0.15, -0.1) is 11.3 Å². The third kappa shape index (κ3) is 6.33. The first-order valence-corrected chi connectivity index (χ1v) is 20.8. The number of para-hydroxylation sites is 2. The van der Waals surface area contributed by atoms with E-state index >= 15 is 0 Å². The van der Waals surface area contributed by atoms with Gasteiger partial charge >= 0.3 is 0 Å². The predicted molar refractivity (Wildman–Crippen MR) is 249 cm³/mol. The lowest BCUT2D eigenvalue weighted by Crippen LogP contribution is -1.93. The molecule has 1 N–H and O–H groups in total. The molecule has 0 unspecified atom stereocenters. The fraction of sp³-hybridized carbons (Fsp3) is 0.0182. The van der Waals surface area contributed by atoms with Crippen molar-refractivity contribution in [3.8, 4) is 83.3 Å². The van der Waals surface area contributed by atoms with Crippen LogP contribution in [0, 0.1) is 6.92 Å². The third-order valence-corrected chi connectivity index (χ3v) is 12.5. The van der Waals surface area contributed by atoms with Crippen LogP contribution in [0.5, 0.6) is 5.75 Å². The number of phenols is 1. The van der Waals surface area contributed by atoms with Crippen molar-refractivity contribution in [2.45, 2.75) is 6.92 Å². The predicted octanol–water partition coefficient (Wildman–Crippen LogP) is 15.3. The minimum Gasteiger partial charge on any atom is -0.507 e. The molecule has 4 aromatic heterocycles. The molecule has 0 amide bonds. The second-order valence-electron chi connectivity index (χ2n) is 15.1. The number of pyridine rings is 2. The molecule has 5 heteroatoms. The first kappa shape index (κ1) is 35.6. The molecule has 0 saturated heterocycles. The van der Waals surface area contributed by atoms with Crippen molar-refractivity contribution < 1.29 is 9.52 Å². The molecule has 0 spiro atoms. The summed E-state index contributed by atoms with van der Waals surface area (Å²) in [6.07, 6.45) is 0. The first-order chi connectivity index (χ1) is 29.5. The van der Waals surface area contributed by atoms with Crippen molar-refractivity contribution in [2.75, 3.05) is 0 Å². The Bertz CT molecular complexity index is 3400. The zero-order chi connectivity index (χ0) is 40.2. The molecule has 0 atom stereocenters. The van der Waals surface area contributed by atoms with E-state index in [9.17, 15) is 5.11 Å². The maximum absolute atomic E-state index is 10.8. The number of aryl methyl sites for hydroxylation is 1. The average Bonchev–Trinajstić information content (AvgIpc) is 3.88. The van der Waals surface area contributed by atoms with Crippen molar-refractivity contribution in [3.05, 3.63) is 200 Å². The Balaban J connectivity index is 1.03. The molecule has 4 nitrogen and oxygen atoms in total. The van der Waals surface area contributed by atoms with Crippen LogP contribution in [-0.4, -0.2) is 15.1 Å². The van der Waals surface area contributed by atoms with Crippen LogP contribution in [0.15, 0.2) is 199 Å². The summed E-state index contributed by atoms with van der Waals surface area (Å²) in [5, 5.41) is 14.3. The van der Waals surface area contributed by atoms with Gasteiger partial charge in [-0.05, 0) is 95.4 Å². The van der Waals surface area contributed by atoms with E-state index < -0.39 is 0 Å². The molecule has 11 rings (SSSR count). The highest BCUT2D eigenvalue weighted by Crippen LogP contribution is 2.47. The van der Waals surface area contributed by atoms with Crippen molar-refractivity contribution in [2.24, 2.45) is 0 Å². The zero-order valence-corrected chi connectivity index (χ0v) is 33.4. The van der Waals surface area contributed by atoms with E-state index in [0.717, 1.165) is 83.5 Å². The number of aromatic nitrogens is 2. The van der Waals surface area contributed by atoms with E-state index in [0.29, 0.717) is 11.3 Å². The van der Waals surface area contributed by atoms with Gasteiger partial charge < -0.3 is 9.52 Å². The van der Waals surface area contributed by atoms with E-state index in [1.807, 2.05) is 48.5 Å². The van der Waals surface area contributed by atoms with Gasteiger partial charge in [-0.25, -0.2) is 4.98 Å². The van der Waals surface area contributed by atoms with Crippen LogP contribution in [0.1, 0.15) is 5.69 Å². The number of benzene rings is 7. The summed E-state index contributed by atoms with van der Waals surface area (Å²) < 4.78 is 7.95. The number of phenolic OH excluding ortho intramolecular Hbond substituents is 1. The van der Waals surface area contributed by atoms with E-state index in [1.165, 1.54) is 20.5 Å². The van der Waals surface area contributed by atoms with E-state index in [1.54, 1.807) is 17.4 Å². The summed E-state index contributed by atoms with van der Waals surface area (Å²) >= 11 is 1.81. The second kappa shape index (κ2) is 14.7. The Morgan fingerprint density at radius 1 is 0.433 bits per heavy atom. The van der Waals surface area contributed by atoms with E-state index in [2.05, 4.69) is 146 Å². The highest BCUT2D eigenvalue weighted by atomic mass is 32.1. The fourth-order valence-corrected chi connectivity index (χ4v) is 9.64. The highest BCUT2D eigenvalue weighted by molar-refractivity contribution is 7.23. The van der Waals surface area contributed by atoms with Crippen LogP contribution < -0.4 is 0 Å². The van der Waals surface area contributed by atoms with E-state index in [4.69, 9.17) is 14.4 Å². The maximum atomic E-state index is 10.8. The molecule has 11 aromatic rings. The van der Waals surface area contributed by atoms with Gasteiger partial charge in [0.15, 0.2) is 0 Å². The molecule has 0 radical (unpaired) electrons. The van der Waals surface area contributed by atoms with Gasteiger partial charge in [0.05, 0.1) is 17.1 Å². The normalized spacial score (nSPS) is 11.5. The summed E-state index contributed by atoms with van der Waals surface area (Å²) in [6.45, 7) is 2.07. The van der Waals surface area contributed by atoms with Crippen LogP contribution in [-0.2, 0) is 0 Å². The molecule has 0 saturated carbocycles. The maximum Gasteiger partial charge on any atom is 0.143 e. The molecule has 60 heavy (non-hydrogen) atoms. The lowest BCUT2D eigenvalue weighted by Gasteiger charge is -2.13. The molecule has 0 fully saturated rings. The lowest BCUT2D eigenvalue weighted by molar-refractivity contribution is 0.477. The summed E-state index contributed by atoms with van der Waals surface area (Å²) in [5.41, 5.74) is 15.5. The molecule has 0 aliphatic carbocycles.